The zero-order chi connectivity index (χ0) is 17.9. The molecule has 0 atom stereocenters. The Morgan fingerprint density at radius 1 is 0.958 bits per heavy atom. The molecular formula is C16H13F3N2O3. The molecule has 2 aromatic rings. The molecule has 24 heavy (non-hydrogen) atoms. The standard InChI is InChI=1S/C16H13F3N2O3/c1-9-8-10(22)6-7-12(9)20-14(23)15(24)21-13-5-3-2-4-11(13)16(17,18)19/h2-8,22H,1H3,(H,20,23)(H,21,24). The minimum atomic E-state index is -4.66. The maximum Gasteiger partial charge on any atom is 0.418 e. The van der Waals surface area contributed by atoms with Gasteiger partial charge in [-0.05, 0) is 42.8 Å². The average molecular weight is 338 g/mol. The minimum Gasteiger partial charge on any atom is -0.508 e. The summed E-state index contributed by atoms with van der Waals surface area (Å²) in [5, 5.41) is 13.5. The zero-order valence-electron chi connectivity index (χ0n) is 12.4. The van der Waals surface area contributed by atoms with Crippen molar-refractivity contribution in [2.24, 2.45) is 0 Å². The summed E-state index contributed by atoms with van der Waals surface area (Å²) in [4.78, 5) is 23.7. The predicted molar refractivity (Wildman–Crippen MR) is 81.5 cm³/mol. The fourth-order valence-electron chi connectivity index (χ4n) is 1.99. The second kappa shape index (κ2) is 6.61. The van der Waals surface area contributed by atoms with Crippen molar-refractivity contribution in [1.82, 2.24) is 0 Å². The summed E-state index contributed by atoms with van der Waals surface area (Å²) in [6, 6.07) is 8.40. The van der Waals surface area contributed by atoms with Crippen LogP contribution in [-0.2, 0) is 15.8 Å². The highest BCUT2D eigenvalue weighted by Crippen LogP contribution is 2.34. The second-order valence-corrected chi connectivity index (χ2v) is 4.95. The molecule has 0 saturated carbocycles. The van der Waals surface area contributed by atoms with Crippen LogP contribution in [0.15, 0.2) is 42.5 Å². The van der Waals surface area contributed by atoms with Crippen LogP contribution in [-0.4, -0.2) is 16.9 Å². The van der Waals surface area contributed by atoms with E-state index in [0.29, 0.717) is 5.56 Å². The lowest BCUT2D eigenvalue weighted by Gasteiger charge is -2.13. The topological polar surface area (TPSA) is 78.4 Å². The molecule has 0 bridgehead atoms. The van der Waals surface area contributed by atoms with Gasteiger partial charge in [-0.15, -0.1) is 0 Å². The number of alkyl halides is 3. The Morgan fingerprint density at radius 3 is 2.12 bits per heavy atom. The van der Waals surface area contributed by atoms with Gasteiger partial charge in [0.05, 0.1) is 11.3 Å². The lowest BCUT2D eigenvalue weighted by atomic mass is 10.1. The number of anilines is 2. The van der Waals surface area contributed by atoms with Gasteiger partial charge in [0, 0.05) is 5.69 Å². The van der Waals surface area contributed by atoms with Gasteiger partial charge in [-0.3, -0.25) is 9.59 Å². The Hall–Kier alpha value is -3.03. The number of rotatable bonds is 2. The van der Waals surface area contributed by atoms with Crippen molar-refractivity contribution in [3.63, 3.8) is 0 Å². The number of nitrogens with one attached hydrogen (secondary N) is 2. The van der Waals surface area contributed by atoms with Crippen LogP contribution < -0.4 is 10.6 Å². The molecule has 0 aliphatic carbocycles. The normalized spacial score (nSPS) is 11.0. The van der Waals surface area contributed by atoms with Crippen LogP contribution in [0, 0.1) is 6.92 Å². The fourth-order valence-corrected chi connectivity index (χ4v) is 1.99. The van der Waals surface area contributed by atoms with Gasteiger partial charge in [0.25, 0.3) is 0 Å². The van der Waals surface area contributed by atoms with Crippen molar-refractivity contribution in [2.75, 3.05) is 10.6 Å². The Kier molecular flexibility index (Phi) is 4.77. The summed E-state index contributed by atoms with van der Waals surface area (Å²) in [5.74, 6) is -2.38. The van der Waals surface area contributed by atoms with Gasteiger partial charge in [0.2, 0.25) is 0 Å². The maximum atomic E-state index is 12.9. The number of halogens is 3. The Balaban J connectivity index is 2.14. The molecule has 0 aromatic heterocycles. The Bertz CT molecular complexity index is 788. The van der Waals surface area contributed by atoms with E-state index in [-0.39, 0.29) is 11.4 Å². The van der Waals surface area contributed by atoms with Gasteiger partial charge in [-0.1, -0.05) is 12.1 Å². The molecule has 8 heteroatoms. The SMILES string of the molecule is Cc1cc(O)ccc1NC(=O)C(=O)Nc1ccccc1C(F)(F)F. The van der Waals surface area contributed by atoms with E-state index in [1.807, 2.05) is 5.32 Å². The van der Waals surface area contributed by atoms with Crippen LogP contribution >= 0.6 is 0 Å². The molecule has 0 fully saturated rings. The molecule has 126 valence electrons. The smallest absolute Gasteiger partial charge is 0.418 e. The van der Waals surface area contributed by atoms with Gasteiger partial charge < -0.3 is 15.7 Å². The molecule has 0 radical (unpaired) electrons. The lowest BCUT2D eigenvalue weighted by Crippen LogP contribution is -2.30. The molecule has 2 aromatic carbocycles. The van der Waals surface area contributed by atoms with Gasteiger partial charge in [0.1, 0.15) is 5.75 Å². The van der Waals surface area contributed by atoms with Crippen molar-refractivity contribution in [3.05, 3.63) is 53.6 Å². The van der Waals surface area contributed by atoms with E-state index in [0.717, 1.165) is 12.1 Å². The summed E-state index contributed by atoms with van der Waals surface area (Å²) >= 11 is 0. The number of carbonyl (C=O) groups excluding carboxylic acids is 2. The maximum absolute atomic E-state index is 12.9. The molecule has 0 unspecified atom stereocenters. The van der Waals surface area contributed by atoms with Crippen LogP contribution in [0.1, 0.15) is 11.1 Å². The molecule has 0 aliphatic rings. The highest BCUT2D eigenvalue weighted by molar-refractivity contribution is 6.43. The molecule has 0 aliphatic heterocycles. The molecule has 0 heterocycles. The van der Waals surface area contributed by atoms with E-state index < -0.39 is 29.2 Å². The van der Waals surface area contributed by atoms with Crippen LogP contribution in [0.3, 0.4) is 0 Å². The van der Waals surface area contributed by atoms with E-state index in [1.165, 1.54) is 30.3 Å². The molecule has 3 N–H and O–H groups in total. The van der Waals surface area contributed by atoms with E-state index in [4.69, 9.17) is 0 Å². The summed E-state index contributed by atoms with van der Waals surface area (Å²) in [6.07, 6.45) is -4.66. The molecular weight excluding hydrogens is 325 g/mol. The van der Waals surface area contributed by atoms with Crippen molar-refractivity contribution < 1.29 is 27.9 Å². The number of phenolic OH excluding ortho intramolecular Hbond substituents is 1. The third-order valence-corrected chi connectivity index (χ3v) is 3.15. The summed E-state index contributed by atoms with van der Waals surface area (Å²) < 4.78 is 38.6. The second-order valence-electron chi connectivity index (χ2n) is 4.95. The largest absolute Gasteiger partial charge is 0.508 e. The number of amides is 2. The third-order valence-electron chi connectivity index (χ3n) is 3.15. The van der Waals surface area contributed by atoms with E-state index in [1.54, 1.807) is 6.92 Å². The highest BCUT2D eigenvalue weighted by Gasteiger charge is 2.34. The molecule has 0 spiro atoms. The summed E-state index contributed by atoms with van der Waals surface area (Å²) in [5.41, 5.74) is -0.802. The van der Waals surface area contributed by atoms with Gasteiger partial charge in [-0.25, -0.2) is 0 Å². The highest BCUT2D eigenvalue weighted by atomic mass is 19.4. The van der Waals surface area contributed by atoms with Gasteiger partial charge in [0.15, 0.2) is 0 Å². The molecule has 0 saturated heterocycles. The first-order chi connectivity index (χ1) is 11.2. The quantitative estimate of drug-likeness (QED) is 0.581. The van der Waals surface area contributed by atoms with Crippen LogP contribution in [0.2, 0.25) is 0 Å². The minimum absolute atomic E-state index is 0.0194. The Labute approximate surface area is 135 Å². The van der Waals surface area contributed by atoms with Gasteiger partial charge >= 0.3 is 18.0 Å². The van der Waals surface area contributed by atoms with E-state index in [2.05, 4.69) is 5.32 Å². The number of para-hydroxylation sites is 1. The first kappa shape index (κ1) is 17.3. The third kappa shape index (κ3) is 4.03. The lowest BCUT2D eigenvalue weighted by molar-refractivity contribution is -0.137. The van der Waals surface area contributed by atoms with Crippen molar-refractivity contribution in [1.29, 1.82) is 0 Å². The first-order valence-electron chi connectivity index (χ1n) is 6.76. The van der Waals surface area contributed by atoms with E-state index >= 15 is 0 Å². The van der Waals surface area contributed by atoms with Crippen molar-refractivity contribution in [2.45, 2.75) is 13.1 Å². The number of benzene rings is 2. The van der Waals surface area contributed by atoms with Gasteiger partial charge in [-0.2, -0.15) is 13.2 Å². The summed E-state index contributed by atoms with van der Waals surface area (Å²) in [6.45, 7) is 1.59. The van der Waals surface area contributed by atoms with Crippen molar-refractivity contribution in [3.8, 4) is 5.75 Å². The van der Waals surface area contributed by atoms with E-state index in [9.17, 15) is 27.9 Å². The fraction of sp³-hybridized carbons (Fsp3) is 0.125. The Morgan fingerprint density at radius 2 is 1.54 bits per heavy atom. The van der Waals surface area contributed by atoms with Crippen LogP contribution in [0.5, 0.6) is 5.75 Å². The summed E-state index contributed by atoms with van der Waals surface area (Å²) in [7, 11) is 0. The molecule has 5 nitrogen and oxygen atoms in total. The van der Waals surface area contributed by atoms with Crippen molar-refractivity contribution >= 4 is 23.2 Å². The molecule has 2 amide bonds. The van der Waals surface area contributed by atoms with Crippen LogP contribution in [0.25, 0.3) is 0 Å². The number of phenols is 1. The monoisotopic (exact) mass is 338 g/mol. The predicted octanol–water partition coefficient (Wildman–Crippen LogP) is 3.30. The zero-order valence-corrected chi connectivity index (χ0v) is 12.4. The van der Waals surface area contributed by atoms with Crippen LogP contribution in [0.4, 0.5) is 24.5 Å². The number of carbonyl (C=O) groups is 2. The molecule has 2 rings (SSSR count). The number of aromatic hydroxyl groups is 1. The average Bonchev–Trinajstić information content (AvgIpc) is 2.49. The number of aryl methyl sites for hydroxylation is 1. The number of hydrogen-bond acceptors (Lipinski definition) is 3. The number of hydrogen-bond donors (Lipinski definition) is 3. The first-order valence-corrected chi connectivity index (χ1v) is 6.76.